The predicted molar refractivity (Wildman–Crippen MR) is 68.6 cm³/mol. The summed E-state index contributed by atoms with van der Waals surface area (Å²) in [6.45, 7) is 0. The van der Waals surface area contributed by atoms with E-state index in [0.717, 1.165) is 11.8 Å². The van der Waals surface area contributed by atoms with E-state index in [1.54, 1.807) is 24.3 Å². The zero-order chi connectivity index (χ0) is 13.8. The Morgan fingerprint density at radius 3 is 2.39 bits per heavy atom. The van der Waals surface area contributed by atoms with E-state index in [4.69, 9.17) is 5.73 Å². The second-order valence-electron chi connectivity index (χ2n) is 3.90. The number of ether oxygens (including phenoxy) is 1. The number of sulfonamides is 1. The van der Waals surface area contributed by atoms with Gasteiger partial charge in [-0.2, -0.15) is 0 Å². The minimum Gasteiger partial charge on any atom is -0.468 e. The number of anilines is 1. The number of nitrogens with one attached hydrogen (secondary N) is 1. The molecule has 1 rings (SSSR count). The molecule has 3 N–H and O–H groups in total. The first-order valence-electron chi connectivity index (χ1n) is 5.22. The summed E-state index contributed by atoms with van der Waals surface area (Å²) in [7, 11) is -2.00. The van der Waals surface area contributed by atoms with E-state index in [-0.39, 0.29) is 0 Å². The van der Waals surface area contributed by atoms with E-state index in [0.29, 0.717) is 12.1 Å². The van der Waals surface area contributed by atoms with Gasteiger partial charge in [-0.05, 0) is 24.1 Å². The molecule has 0 saturated carbocycles. The molecular formula is C11H16N2O4S. The smallest absolute Gasteiger partial charge is 0.322 e. The van der Waals surface area contributed by atoms with E-state index in [1.165, 1.54) is 7.11 Å². The topological polar surface area (TPSA) is 98.5 Å². The Kier molecular flexibility index (Phi) is 4.69. The van der Waals surface area contributed by atoms with E-state index in [2.05, 4.69) is 9.46 Å². The summed E-state index contributed by atoms with van der Waals surface area (Å²) in [6.07, 6.45) is 1.42. The van der Waals surface area contributed by atoms with Crippen molar-refractivity contribution in [2.75, 3.05) is 18.1 Å². The van der Waals surface area contributed by atoms with Gasteiger partial charge >= 0.3 is 5.97 Å². The van der Waals surface area contributed by atoms with Gasteiger partial charge in [-0.25, -0.2) is 8.42 Å². The van der Waals surface area contributed by atoms with Crippen LogP contribution in [0.5, 0.6) is 0 Å². The molecule has 0 fully saturated rings. The van der Waals surface area contributed by atoms with Gasteiger partial charge in [-0.3, -0.25) is 9.52 Å². The molecule has 0 radical (unpaired) electrons. The van der Waals surface area contributed by atoms with Gasteiger partial charge in [-0.1, -0.05) is 12.1 Å². The zero-order valence-electron chi connectivity index (χ0n) is 10.2. The average molecular weight is 272 g/mol. The number of esters is 1. The van der Waals surface area contributed by atoms with Gasteiger partial charge in [0.05, 0.1) is 13.4 Å². The molecule has 0 aliphatic carbocycles. The maximum atomic E-state index is 11.1. The maximum Gasteiger partial charge on any atom is 0.322 e. The Bertz CT molecular complexity index is 510. The standard InChI is InChI=1S/C11H16N2O4S/c1-17-11(14)10(12)7-8-3-5-9(6-4-8)13-18(2,15)16/h3-6,10,13H,7,12H2,1-2H3/t10-/m0/s1. The molecule has 0 aliphatic heterocycles. The first-order chi connectivity index (χ1) is 8.31. The lowest BCUT2D eigenvalue weighted by Gasteiger charge is -2.10. The fourth-order valence-corrected chi connectivity index (χ4v) is 1.98. The summed E-state index contributed by atoms with van der Waals surface area (Å²) in [5.74, 6) is -0.478. The van der Waals surface area contributed by atoms with Crippen LogP contribution in [0.25, 0.3) is 0 Å². The Labute approximate surface area is 106 Å². The second kappa shape index (κ2) is 5.83. The summed E-state index contributed by atoms with van der Waals surface area (Å²) >= 11 is 0. The summed E-state index contributed by atoms with van der Waals surface area (Å²) in [5, 5.41) is 0. The number of nitrogens with two attached hydrogens (primary N) is 1. The Morgan fingerprint density at radius 2 is 1.94 bits per heavy atom. The summed E-state index contributed by atoms with van der Waals surface area (Å²) < 4.78 is 28.9. The number of hydrogen-bond acceptors (Lipinski definition) is 5. The van der Waals surface area contributed by atoms with Crippen LogP contribution >= 0.6 is 0 Å². The van der Waals surface area contributed by atoms with E-state index in [9.17, 15) is 13.2 Å². The lowest BCUT2D eigenvalue weighted by atomic mass is 10.1. The normalized spacial score (nSPS) is 12.8. The SMILES string of the molecule is COC(=O)[C@@H](N)Cc1ccc(NS(C)(=O)=O)cc1. The van der Waals surface area contributed by atoms with Crippen molar-refractivity contribution < 1.29 is 17.9 Å². The zero-order valence-corrected chi connectivity index (χ0v) is 11.0. The third kappa shape index (κ3) is 4.72. The van der Waals surface area contributed by atoms with Gasteiger partial charge < -0.3 is 10.5 Å². The highest BCUT2D eigenvalue weighted by atomic mass is 32.2. The van der Waals surface area contributed by atoms with Crippen LogP contribution < -0.4 is 10.5 Å². The van der Waals surface area contributed by atoms with E-state index in [1.807, 2.05) is 0 Å². The quantitative estimate of drug-likeness (QED) is 0.741. The van der Waals surface area contributed by atoms with Crippen LogP contribution in [0, 0.1) is 0 Å². The van der Waals surface area contributed by atoms with Gasteiger partial charge in [0.25, 0.3) is 0 Å². The third-order valence-electron chi connectivity index (χ3n) is 2.22. The van der Waals surface area contributed by atoms with Crippen molar-refractivity contribution in [2.45, 2.75) is 12.5 Å². The monoisotopic (exact) mass is 272 g/mol. The number of carbonyl (C=O) groups is 1. The summed E-state index contributed by atoms with van der Waals surface area (Å²) in [6, 6.07) is 5.91. The van der Waals surface area contributed by atoms with Crippen LogP contribution in [-0.4, -0.2) is 33.8 Å². The van der Waals surface area contributed by atoms with E-state index < -0.39 is 22.0 Å². The molecule has 100 valence electrons. The minimum absolute atomic E-state index is 0.339. The largest absolute Gasteiger partial charge is 0.468 e. The highest BCUT2D eigenvalue weighted by Crippen LogP contribution is 2.12. The lowest BCUT2D eigenvalue weighted by molar-refractivity contribution is -0.142. The van der Waals surface area contributed by atoms with Crippen LogP contribution in [0.1, 0.15) is 5.56 Å². The van der Waals surface area contributed by atoms with Crippen molar-refractivity contribution in [2.24, 2.45) is 5.73 Å². The van der Waals surface area contributed by atoms with E-state index >= 15 is 0 Å². The molecule has 0 saturated heterocycles. The molecule has 6 nitrogen and oxygen atoms in total. The van der Waals surface area contributed by atoms with Gasteiger partial charge in [0.1, 0.15) is 6.04 Å². The second-order valence-corrected chi connectivity index (χ2v) is 5.65. The lowest BCUT2D eigenvalue weighted by Crippen LogP contribution is -2.33. The average Bonchev–Trinajstić information content (AvgIpc) is 2.28. The van der Waals surface area contributed by atoms with Crippen molar-refractivity contribution in [3.05, 3.63) is 29.8 Å². The fourth-order valence-electron chi connectivity index (χ4n) is 1.41. The first-order valence-corrected chi connectivity index (χ1v) is 7.11. The molecule has 18 heavy (non-hydrogen) atoms. The van der Waals surface area contributed by atoms with Crippen LogP contribution in [0.2, 0.25) is 0 Å². The highest BCUT2D eigenvalue weighted by molar-refractivity contribution is 7.92. The number of benzene rings is 1. The maximum absolute atomic E-state index is 11.1. The van der Waals surface area contributed by atoms with Crippen LogP contribution in [0.15, 0.2) is 24.3 Å². The van der Waals surface area contributed by atoms with Gasteiger partial charge in [0.15, 0.2) is 0 Å². The van der Waals surface area contributed by atoms with Crippen molar-refractivity contribution >= 4 is 21.7 Å². The van der Waals surface area contributed by atoms with Gasteiger partial charge in [0, 0.05) is 5.69 Å². The van der Waals surface area contributed by atoms with Gasteiger partial charge in [0.2, 0.25) is 10.0 Å². The molecule has 0 heterocycles. The third-order valence-corrected chi connectivity index (χ3v) is 2.82. The van der Waals surface area contributed by atoms with Crippen molar-refractivity contribution in [3.8, 4) is 0 Å². The number of rotatable bonds is 5. The first kappa shape index (κ1) is 14.5. The molecule has 0 unspecified atom stereocenters. The predicted octanol–water partition coefficient (Wildman–Crippen LogP) is 0.101. The Morgan fingerprint density at radius 1 is 1.39 bits per heavy atom. The molecule has 0 spiro atoms. The van der Waals surface area contributed by atoms with Crippen molar-refractivity contribution in [3.63, 3.8) is 0 Å². The Hall–Kier alpha value is -1.60. The molecule has 1 aromatic carbocycles. The van der Waals surface area contributed by atoms with Crippen LogP contribution in [-0.2, 0) is 26.0 Å². The molecule has 1 atom stereocenters. The molecule has 0 aliphatic rings. The Balaban J connectivity index is 2.69. The van der Waals surface area contributed by atoms with Crippen molar-refractivity contribution in [1.29, 1.82) is 0 Å². The minimum atomic E-state index is -3.28. The molecule has 0 bridgehead atoms. The number of hydrogen-bond donors (Lipinski definition) is 2. The molecular weight excluding hydrogens is 256 g/mol. The van der Waals surface area contributed by atoms with Crippen LogP contribution in [0.3, 0.4) is 0 Å². The molecule has 0 aromatic heterocycles. The summed E-state index contributed by atoms with van der Waals surface area (Å²) in [5.41, 5.74) is 6.91. The highest BCUT2D eigenvalue weighted by Gasteiger charge is 2.14. The molecule has 1 aromatic rings. The van der Waals surface area contributed by atoms with Crippen molar-refractivity contribution in [1.82, 2.24) is 0 Å². The number of methoxy groups -OCH3 is 1. The van der Waals surface area contributed by atoms with Crippen LogP contribution in [0.4, 0.5) is 5.69 Å². The molecule has 7 heteroatoms. The van der Waals surface area contributed by atoms with Gasteiger partial charge in [-0.15, -0.1) is 0 Å². The summed E-state index contributed by atoms with van der Waals surface area (Å²) in [4.78, 5) is 11.1. The fraction of sp³-hybridized carbons (Fsp3) is 0.364. The molecule has 0 amide bonds. The number of carbonyl (C=O) groups excluding carboxylic acids is 1.